The molecule has 0 saturated carbocycles. The molecule has 21 heavy (non-hydrogen) atoms. The van der Waals surface area contributed by atoms with Crippen molar-refractivity contribution in [1.82, 2.24) is 15.5 Å². The van der Waals surface area contributed by atoms with E-state index in [-0.39, 0.29) is 0 Å². The van der Waals surface area contributed by atoms with Gasteiger partial charge in [0.2, 0.25) is 0 Å². The lowest BCUT2D eigenvalue weighted by atomic mass is 10.2. The Morgan fingerprint density at radius 2 is 1.95 bits per heavy atom. The molecule has 1 saturated heterocycles. The molecule has 124 valence electrons. The van der Waals surface area contributed by atoms with Crippen molar-refractivity contribution in [1.29, 1.82) is 0 Å². The highest BCUT2D eigenvalue weighted by Crippen LogP contribution is 2.14. The van der Waals surface area contributed by atoms with Gasteiger partial charge in [0.25, 0.3) is 0 Å². The van der Waals surface area contributed by atoms with E-state index in [1.165, 1.54) is 32.4 Å². The molecule has 1 aliphatic rings. The predicted molar refractivity (Wildman–Crippen MR) is 90.0 cm³/mol. The van der Waals surface area contributed by atoms with Crippen LogP contribution in [0.2, 0.25) is 0 Å². The Labute approximate surface area is 130 Å². The Hall–Kier alpha value is -0.810. The van der Waals surface area contributed by atoms with Crippen LogP contribution in [-0.2, 0) is 4.74 Å². The maximum atomic E-state index is 5.35. The van der Waals surface area contributed by atoms with Crippen LogP contribution in [0.3, 0.4) is 0 Å². The van der Waals surface area contributed by atoms with Crippen LogP contribution in [0.5, 0.6) is 0 Å². The summed E-state index contributed by atoms with van der Waals surface area (Å²) in [5.74, 6) is 0.937. The molecule has 0 amide bonds. The molecule has 0 bridgehead atoms. The van der Waals surface area contributed by atoms with Crippen LogP contribution in [0.4, 0.5) is 0 Å². The molecule has 1 aliphatic heterocycles. The topological polar surface area (TPSA) is 48.9 Å². The van der Waals surface area contributed by atoms with E-state index < -0.39 is 0 Å². The van der Waals surface area contributed by atoms with Crippen molar-refractivity contribution >= 4 is 5.96 Å². The summed E-state index contributed by atoms with van der Waals surface area (Å²) in [6.45, 7) is 13.2. The monoisotopic (exact) mass is 298 g/mol. The van der Waals surface area contributed by atoms with E-state index in [0.717, 1.165) is 45.2 Å². The molecule has 0 radical (unpaired) electrons. The normalized spacial score (nSPS) is 18.0. The number of ether oxygens (including phenoxy) is 1. The third kappa shape index (κ3) is 7.67. The van der Waals surface area contributed by atoms with Crippen molar-refractivity contribution < 1.29 is 4.74 Å². The van der Waals surface area contributed by atoms with Crippen molar-refractivity contribution in [2.24, 2.45) is 4.99 Å². The molecular formula is C16H34N4O. The number of nitrogens with one attached hydrogen (secondary N) is 2. The summed E-state index contributed by atoms with van der Waals surface area (Å²) in [5.41, 5.74) is 0. The highest BCUT2D eigenvalue weighted by Gasteiger charge is 2.19. The van der Waals surface area contributed by atoms with Crippen LogP contribution in [0, 0.1) is 0 Å². The summed E-state index contributed by atoms with van der Waals surface area (Å²) in [7, 11) is 0. The predicted octanol–water partition coefficient (Wildman–Crippen LogP) is 1.84. The second-order valence-electron chi connectivity index (χ2n) is 5.50. The van der Waals surface area contributed by atoms with Crippen LogP contribution < -0.4 is 10.6 Å². The summed E-state index contributed by atoms with van der Waals surface area (Å²) in [6, 6.07) is 0.589. The number of aliphatic imine (C=N–C) groups is 1. The van der Waals surface area contributed by atoms with E-state index >= 15 is 0 Å². The fourth-order valence-electron chi connectivity index (χ4n) is 2.67. The Balaban J connectivity index is 2.34. The van der Waals surface area contributed by atoms with Gasteiger partial charge < -0.3 is 15.4 Å². The van der Waals surface area contributed by atoms with E-state index in [2.05, 4.69) is 29.4 Å². The molecule has 0 aromatic carbocycles. The number of likely N-dealkylation sites (tertiary alicyclic amines) is 1. The van der Waals surface area contributed by atoms with E-state index in [0.29, 0.717) is 6.04 Å². The number of hydrogen-bond donors (Lipinski definition) is 2. The molecule has 1 fully saturated rings. The second kappa shape index (κ2) is 11.8. The first-order valence-electron chi connectivity index (χ1n) is 8.65. The zero-order valence-corrected chi connectivity index (χ0v) is 14.2. The smallest absolute Gasteiger partial charge is 0.191 e. The lowest BCUT2D eigenvalue weighted by molar-refractivity contribution is 0.145. The number of hydrogen-bond acceptors (Lipinski definition) is 3. The van der Waals surface area contributed by atoms with E-state index in [4.69, 9.17) is 9.73 Å². The molecule has 5 heteroatoms. The fraction of sp³-hybridized carbons (Fsp3) is 0.938. The molecule has 0 spiro atoms. The summed E-state index contributed by atoms with van der Waals surface area (Å²) in [6.07, 6.45) is 4.88. The van der Waals surface area contributed by atoms with Crippen molar-refractivity contribution in [3.8, 4) is 0 Å². The van der Waals surface area contributed by atoms with Gasteiger partial charge in [-0.25, -0.2) is 0 Å². The minimum Gasteiger partial charge on any atom is -0.382 e. The van der Waals surface area contributed by atoms with Crippen LogP contribution >= 0.6 is 0 Å². The van der Waals surface area contributed by atoms with Crippen molar-refractivity contribution in [2.45, 2.75) is 52.5 Å². The summed E-state index contributed by atoms with van der Waals surface area (Å²) < 4.78 is 5.35. The van der Waals surface area contributed by atoms with Crippen LogP contribution in [0.25, 0.3) is 0 Å². The first-order valence-corrected chi connectivity index (χ1v) is 8.65. The van der Waals surface area contributed by atoms with Gasteiger partial charge in [0.05, 0.1) is 6.54 Å². The first kappa shape index (κ1) is 18.2. The van der Waals surface area contributed by atoms with Gasteiger partial charge in [0.1, 0.15) is 0 Å². The molecule has 1 heterocycles. The average molecular weight is 298 g/mol. The minimum atomic E-state index is 0.589. The van der Waals surface area contributed by atoms with Gasteiger partial charge in [0.15, 0.2) is 5.96 Å². The maximum Gasteiger partial charge on any atom is 0.191 e. The Morgan fingerprint density at radius 3 is 2.57 bits per heavy atom. The zero-order valence-electron chi connectivity index (χ0n) is 14.2. The van der Waals surface area contributed by atoms with Gasteiger partial charge in [-0.2, -0.15) is 0 Å². The number of rotatable bonds is 10. The molecule has 5 nitrogen and oxygen atoms in total. The number of nitrogens with zero attached hydrogens (tertiary/aromatic N) is 2. The molecule has 1 unspecified atom stereocenters. The van der Waals surface area contributed by atoms with Crippen LogP contribution in [-0.4, -0.2) is 62.8 Å². The highest BCUT2D eigenvalue weighted by molar-refractivity contribution is 5.79. The van der Waals surface area contributed by atoms with E-state index in [1.807, 2.05) is 6.92 Å². The van der Waals surface area contributed by atoms with Gasteiger partial charge in [-0.1, -0.05) is 6.92 Å². The maximum absolute atomic E-state index is 5.35. The van der Waals surface area contributed by atoms with Crippen molar-refractivity contribution in [3.63, 3.8) is 0 Å². The molecule has 0 aromatic rings. The zero-order chi connectivity index (χ0) is 15.3. The number of guanidine groups is 1. The third-order valence-corrected chi connectivity index (χ3v) is 3.89. The van der Waals surface area contributed by atoms with Crippen LogP contribution in [0.15, 0.2) is 4.99 Å². The minimum absolute atomic E-state index is 0.589. The quantitative estimate of drug-likeness (QED) is 0.367. The second-order valence-corrected chi connectivity index (χ2v) is 5.50. The lowest BCUT2D eigenvalue weighted by Gasteiger charge is -2.25. The van der Waals surface area contributed by atoms with E-state index in [9.17, 15) is 0 Å². The average Bonchev–Trinajstić information content (AvgIpc) is 3.01. The lowest BCUT2D eigenvalue weighted by Crippen LogP contribution is -2.40. The Kier molecular flexibility index (Phi) is 10.3. The van der Waals surface area contributed by atoms with Gasteiger partial charge in [0, 0.05) is 32.3 Å². The van der Waals surface area contributed by atoms with Gasteiger partial charge in [-0.15, -0.1) is 0 Å². The summed E-state index contributed by atoms with van der Waals surface area (Å²) >= 11 is 0. The van der Waals surface area contributed by atoms with Crippen molar-refractivity contribution in [3.05, 3.63) is 0 Å². The summed E-state index contributed by atoms with van der Waals surface area (Å²) in [4.78, 5) is 7.34. The standard InChI is InChI=1S/C16H34N4O/c1-4-15(20-11-7-8-12-20)14-19-16(17-5-2)18-10-9-13-21-6-3/h15H,4-14H2,1-3H3,(H2,17,18,19). The molecule has 0 aromatic heterocycles. The van der Waals surface area contributed by atoms with Gasteiger partial charge in [-0.3, -0.25) is 9.89 Å². The van der Waals surface area contributed by atoms with Gasteiger partial charge in [-0.05, 0) is 52.6 Å². The Morgan fingerprint density at radius 1 is 1.19 bits per heavy atom. The Bertz CT molecular complexity index is 277. The molecule has 1 rings (SSSR count). The van der Waals surface area contributed by atoms with Gasteiger partial charge >= 0.3 is 0 Å². The largest absolute Gasteiger partial charge is 0.382 e. The fourth-order valence-corrected chi connectivity index (χ4v) is 2.67. The summed E-state index contributed by atoms with van der Waals surface area (Å²) in [5, 5.41) is 6.71. The highest BCUT2D eigenvalue weighted by atomic mass is 16.5. The third-order valence-electron chi connectivity index (χ3n) is 3.89. The SMILES string of the molecule is CCNC(=NCC(CC)N1CCCC1)NCCCOCC. The first-order chi connectivity index (χ1) is 10.3. The van der Waals surface area contributed by atoms with Crippen LogP contribution in [0.1, 0.15) is 46.5 Å². The molecular weight excluding hydrogens is 264 g/mol. The molecule has 0 aliphatic carbocycles. The molecule has 1 atom stereocenters. The van der Waals surface area contributed by atoms with Crippen molar-refractivity contribution in [2.75, 3.05) is 45.9 Å². The molecule has 2 N–H and O–H groups in total. The van der Waals surface area contributed by atoms with E-state index in [1.54, 1.807) is 0 Å².